The summed E-state index contributed by atoms with van der Waals surface area (Å²) in [5, 5.41) is 3.91. The van der Waals surface area contributed by atoms with Crippen molar-refractivity contribution >= 4 is 22.2 Å². The fourth-order valence-corrected chi connectivity index (χ4v) is 1.66. The van der Waals surface area contributed by atoms with Gasteiger partial charge in [-0.3, -0.25) is 4.79 Å². The first kappa shape index (κ1) is 9.65. The van der Waals surface area contributed by atoms with E-state index in [9.17, 15) is 9.18 Å². The van der Waals surface area contributed by atoms with Crippen molar-refractivity contribution in [2.45, 2.75) is 6.92 Å². The van der Waals surface area contributed by atoms with Crippen molar-refractivity contribution in [3.8, 4) is 5.69 Å². The number of nitrogens with zero attached hydrogens (tertiary/aromatic N) is 3. The summed E-state index contributed by atoms with van der Waals surface area (Å²) in [7, 11) is 0. The van der Waals surface area contributed by atoms with Gasteiger partial charge >= 0.3 is 0 Å². The molecule has 0 radical (unpaired) electrons. The van der Waals surface area contributed by atoms with Crippen molar-refractivity contribution in [1.82, 2.24) is 14.8 Å². The second-order valence-corrected chi connectivity index (χ2v) is 3.92. The van der Waals surface area contributed by atoms with Gasteiger partial charge < -0.3 is 0 Å². The van der Waals surface area contributed by atoms with Crippen LogP contribution < -0.4 is 0 Å². The van der Waals surface area contributed by atoms with Crippen molar-refractivity contribution < 1.29 is 10.6 Å². The second kappa shape index (κ2) is 4.13. The topological polar surface area (TPSA) is 47.8 Å². The Morgan fingerprint density at radius 2 is 2.38 bits per heavy atom. The third-order valence-corrected chi connectivity index (χ3v) is 2.58. The van der Waals surface area contributed by atoms with Crippen LogP contribution in [0.2, 0.25) is 0 Å². The minimum atomic E-state index is -1.01. The minimum absolute atomic E-state index is 0.0792. The van der Waals surface area contributed by atoms with Gasteiger partial charge in [-0.2, -0.15) is 5.10 Å². The van der Waals surface area contributed by atoms with Gasteiger partial charge in [-0.05, 0) is 35.0 Å². The van der Waals surface area contributed by atoms with Crippen LogP contribution in [0.4, 0.5) is 4.39 Å². The SMILES string of the molecule is [2H]C(=O)c1nc(C)nn1-c1cccc(Br)c1F. The number of aryl methyl sites for hydroxylation is 1. The minimum Gasteiger partial charge on any atom is -0.294 e. The maximum atomic E-state index is 13.8. The number of aromatic nitrogens is 3. The summed E-state index contributed by atoms with van der Waals surface area (Å²) in [6, 6.07) is 4.60. The fraction of sp³-hybridized carbons (Fsp3) is 0.100. The molecule has 0 aliphatic carbocycles. The van der Waals surface area contributed by atoms with E-state index in [4.69, 9.17) is 1.37 Å². The molecule has 1 aromatic carbocycles. The van der Waals surface area contributed by atoms with E-state index in [0.717, 1.165) is 4.68 Å². The number of halogens is 2. The van der Waals surface area contributed by atoms with Crippen molar-refractivity contribution in [1.29, 1.82) is 0 Å². The molecule has 6 heteroatoms. The van der Waals surface area contributed by atoms with Crippen LogP contribution in [0.25, 0.3) is 5.69 Å². The average molecular weight is 285 g/mol. The van der Waals surface area contributed by atoms with Crippen LogP contribution in [0.1, 0.15) is 17.8 Å². The van der Waals surface area contributed by atoms with Crippen LogP contribution in [-0.2, 0) is 0 Å². The summed E-state index contributed by atoms with van der Waals surface area (Å²) in [6.07, 6.45) is -1.01. The lowest BCUT2D eigenvalue weighted by atomic mass is 10.3. The van der Waals surface area contributed by atoms with Gasteiger partial charge in [0.2, 0.25) is 0 Å². The van der Waals surface area contributed by atoms with Gasteiger partial charge in [0, 0.05) is 0 Å². The quantitative estimate of drug-likeness (QED) is 0.795. The van der Waals surface area contributed by atoms with E-state index in [0.29, 0.717) is 5.82 Å². The van der Waals surface area contributed by atoms with Crippen LogP contribution in [0, 0.1) is 12.7 Å². The summed E-state index contributed by atoms with van der Waals surface area (Å²) < 4.78 is 22.2. The number of carbonyl (C=O) groups is 1. The Labute approximate surface area is 101 Å². The lowest BCUT2D eigenvalue weighted by Gasteiger charge is -2.04. The number of carbonyl (C=O) groups excluding carboxylic acids is 1. The van der Waals surface area contributed by atoms with E-state index in [1.165, 1.54) is 12.1 Å². The maximum Gasteiger partial charge on any atom is 0.196 e. The number of rotatable bonds is 2. The van der Waals surface area contributed by atoms with Crippen molar-refractivity contribution in [3.05, 3.63) is 40.1 Å². The van der Waals surface area contributed by atoms with Gasteiger partial charge in [0.1, 0.15) is 12.9 Å². The highest BCUT2D eigenvalue weighted by Crippen LogP contribution is 2.21. The zero-order chi connectivity index (χ0) is 12.6. The summed E-state index contributed by atoms with van der Waals surface area (Å²) in [6.45, 7) is 1.57. The summed E-state index contributed by atoms with van der Waals surface area (Å²) in [5.74, 6) is -0.459. The molecule has 0 bridgehead atoms. The van der Waals surface area contributed by atoms with Gasteiger partial charge in [0.25, 0.3) is 0 Å². The number of hydrogen-bond donors (Lipinski definition) is 0. The number of benzene rings is 1. The molecule has 0 aliphatic rings. The van der Waals surface area contributed by atoms with E-state index in [2.05, 4.69) is 26.0 Å². The predicted octanol–water partition coefficient (Wildman–Crippen LogP) is 2.29. The molecule has 4 nitrogen and oxygen atoms in total. The molecule has 0 N–H and O–H groups in total. The molecule has 0 atom stereocenters. The molecule has 1 heterocycles. The Morgan fingerprint density at radius 3 is 3.06 bits per heavy atom. The molecule has 0 fully saturated rings. The maximum absolute atomic E-state index is 13.8. The Bertz CT molecular complexity index is 599. The standard InChI is InChI=1S/C10H7BrFN3O/c1-6-13-9(5-16)15(14-6)8-4-2-3-7(11)10(8)12/h2-5H,1H3/i5D. The molecule has 0 aliphatic heterocycles. The van der Waals surface area contributed by atoms with Crippen molar-refractivity contribution in [2.75, 3.05) is 0 Å². The van der Waals surface area contributed by atoms with E-state index >= 15 is 0 Å². The average Bonchev–Trinajstić information content (AvgIpc) is 2.64. The molecule has 0 unspecified atom stereocenters. The van der Waals surface area contributed by atoms with Crippen molar-refractivity contribution in [3.63, 3.8) is 0 Å². The second-order valence-electron chi connectivity index (χ2n) is 3.07. The number of hydrogen-bond acceptors (Lipinski definition) is 3. The first-order valence-corrected chi connectivity index (χ1v) is 5.19. The van der Waals surface area contributed by atoms with E-state index in [1.54, 1.807) is 13.0 Å². The lowest BCUT2D eigenvalue weighted by Crippen LogP contribution is -2.04. The Hall–Kier alpha value is -1.56. The molecular formula is C10H7BrFN3O. The Balaban J connectivity index is 2.68. The summed E-state index contributed by atoms with van der Waals surface area (Å²) in [5.41, 5.74) is 0.0792. The highest BCUT2D eigenvalue weighted by Gasteiger charge is 2.13. The van der Waals surface area contributed by atoms with E-state index in [1.807, 2.05) is 0 Å². The Kier molecular flexibility index (Phi) is 2.49. The Morgan fingerprint density at radius 1 is 1.62 bits per heavy atom. The first-order valence-electron chi connectivity index (χ1n) is 4.89. The molecule has 0 spiro atoms. The van der Waals surface area contributed by atoms with E-state index < -0.39 is 12.1 Å². The summed E-state index contributed by atoms with van der Waals surface area (Å²) in [4.78, 5) is 14.8. The highest BCUT2D eigenvalue weighted by molar-refractivity contribution is 9.10. The lowest BCUT2D eigenvalue weighted by molar-refractivity contribution is 0.111. The van der Waals surface area contributed by atoms with Crippen LogP contribution in [-0.4, -0.2) is 21.0 Å². The first-order chi connectivity index (χ1) is 8.00. The van der Waals surface area contributed by atoms with Gasteiger partial charge in [0.15, 0.2) is 17.9 Å². The molecule has 2 rings (SSSR count). The smallest absolute Gasteiger partial charge is 0.196 e. The van der Waals surface area contributed by atoms with Gasteiger partial charge in [0.05, 0.1) is 4.47 Å². The molecule has 0 amide bonds. The molecule has 0 saturated carbocycles. The molecule has 2 aromatic rings. The van der Waals surface area contributed by atoms with E-state index in [-0.39, 0.29) is 16.0 Å². The van der Waals surface area contributed by atoms with Crippen LogP contribution in [0.15, 0.2) is 22.7 Å². The van der Waals surface area contributed by atoms with Gasteiger partial charge in [-0.1, -0.05) is 6.07 Å². The van der Waals surface area contributed by atoms with Crippen LogP contribution >= 0.6 is 15.9 Å². The highest BCUT2D eigenvalue weighted by atomic mass is 79.9. The van der Waals surface area contributed by atoms with Gasteiger partial charge in [-0.25, -0.2) is 14.1 Å². The predicted molar refractivity (Wildman–Crippen MR) is 59.1 cm³/mol. The monoisotopic (exact) mass is 284 g/mol. The van der Waals surface area contributed by atoms with Gasteiger partial charge in [-0.15, -0.1) is 0 Å². The fourth-order valence-electron chi connectivity index (χ4n) is 1.31. The molecular weight excluding hydrogens is 277 g/mol. The third-order valence-electron chi connectivity index (χ3n) is 1.96. The largest absolute Gasteiger partial charge is 0.294 e. The van der Waals surface area contributed by atoms with Crippen molar-refractivity contribution in [2.24, 2.45) is 0 Å². The molecule has 0 saturated heterocycles. The zero-order valence-corrected chi connectivity index (χ0v) is 9.82. The van der Waals surface area contributed by atoms with Crippen LogP contribution in [0.3, 0.4) is 0 Å². The molecule has 16 heavy (non-hydrogen) atoms. The molecule has 82 valence electrons. The third kappa shape index (κ3) is 1.76. The summed E-state index contributed by atoms with van der Waals surface area (Å²) >= 11 is 3.04. The molecule has 1 aromatic heterocycles. The zero-order valence-electron chi connectivity index (χ0n) is 9.24. The normalized spacial score (nSPS) is 11.3. The van der Waals surface area contributed by atoms with Crippen LogP contribution in [0.5, 0.6) is 0 Å². The number of aldehydes is 1.